The van der Waals surface area contributed by atoms with E-state index >= 15 is 0 Å². The Morgan fingerprint density at radius 1 is 1.40 bits per heavy atom. The zero-order valence-corrected chi connectivity index (χ0v) is 9.16. The minimum absolute atomic E-state index is 0.0932. The van der Waals surface area contributed by atoms with Crippen LogP contribution in [0, 0.1) is 23.7 Å². The summed E-state index contributed by atoms with van der Waals surface area (Å²) in [6.07, 6.45) is 8.48. The fourth-order valence-corrected chi connectivity index (χ4v) is 2.06. The average Bonchev–Trinajstić information content (AvgIpc) is 2.25. The van der Waals surface area contributed by atoms with Crippen LogP contribution in [-0.2, 0) is 0 Å². The van der Waals surface area contributed by atoms with E-state index in [2.05, 4.69) is 36.6 Å². The Labute approximate surface area is 91.7 Å². The van der Waals surface area contributed by atoms with Crippen molar-refractivity contribution in [2.24, 2.45) is 17.6 Å². The van der Waals surface area contributed by atoms with Gasteiger partial charge in [-0.25, -0.2) is 0 Å². The maximum absolute atomic E-state index is 5.91. The molecule has 3 unspecified atom stereocenters. The Morgan fingerprint density at radius 3 is 2.80 bits per heavy atom. The van der Waals surface area contributed by atoms with E-state index in [0.29, 0.717) is 11.8 Å². The molecule has 0 aromatic heterocycles. The minimum Gasteiger partial charge on any atom is -0.324 e. The van der Waals surface area contributed by atoms with Crippen LogP contribution in [0.15, 0.2) is 36.0 Å². The van der Waals surface area contributed by atoms with Gasteiger partial charge in [0.25, 0.3) is 0 Å². The highest BCUT2D eigenvalue weighted by molar-refractivity contribution is 5.35. The monoisotopic (exact) mass is 199 g/mol. The summed E-state index contributed by atoms with van der Waals surface area (Å²) in [6, 6.07) is 0.0932. The number of rotatable bonds is 1. The predicted octanol–water partition coefficient (Wildman–Crippen LogP) is 2.42. The molecule has 0 aliphatic heterocycles. The Bertz CT molecular complexity index is 387. The molecular formula is C14H17N. The summed E-state index contributed by atoms with van der Waals surface area (Å²) in [4.78, 5) is 0. The second kappa shape index (κ2) is 4.08. The smallest absolute Gasteiger partial charge is 0.0426 e. The van der Waals surface area contributed by atoms with E-state index in [0.717, 1.165) is 12.8 Å². The molecule has 2 rings (SSSR count). The van der Waals surface area contributed by atoms with E-state index < -0.39 is 0 Å². The first-order valence-electron chi connectivity index (χ1n) is 5.48. The fourth-order valence-electron chi connectivity index (χ4n) is 2.06. The Kier molecular flexibility index (Phi) is 2.79. The lowest BCUT2D eigenvalue weighted by Gasteiger charge is -2.11. The molecular weight excluding hydrogens is 182 g/mol. The highest BCUT2D eigenvalue weighted by Crippen LogP contribution is 2.26. The van der Waals surface area contributed by atoms with Crippen molar-refractivity contribution in [1.82, 2.24) is 0 Å². The highest BCUT2D eigenvalue weighted by atomic mass is 14.6. The first-order chi connectivity index (χ1) is 7.15. The summed E-state index contributed by atoms with van der Waals surface area (Å²) in [5.41, 5.74) is 8.40. The lowest BCUT2D eigenvalue weighted by atomic mass is 9.97. The van der Waals surface area contributed by atoms with Crippen molar-refractivity contribution in [3.05, 3.63) is 36.0 Å². The fraction of sp³-hybridized carbons (Fsp3) is 0.429. The van der Waals surface area contributed by atoms with E-state index in [9.17, 15) is 0 Å². The van der Waals surface area contributed by atoms with Crippen molar-refractivity contribution in [2.45, 2.75) is 25.8 Å². The van der Waals surface area contributed by atoms with Crippen LogP contribution in [0.5, 0.6) is 0 Å². The number of fused-ring (bicyclic) bond motifs is 2. The summed E-state index contributed by atoms with van der Waals surface area (Å²) in [6.45, 7) is 6.11. The Balaban J connectivity index is 2.36. The van der Waals surface area contributed by atoms with Gasteiger partial charge in [-0.2, -0.15) is 0 Å². The summed E-state index contributed by atoms with van der Waals surface area (Å²) < 4.78 is 0. The molecule has 3 atom stereocenters. The standard InChI is InChI=1S/C14H17N/c1-10-7-12-3-4-13(8-10)9-14(6-5-12)11(2)15/h5-6,9,11-13H,1,7-8,15H2,2H3/b6-5-,14-9+. The molecule has 1 heteroatoms. The SMILES string of the molecule is C=C1CC2C#CC(/C=C(C(C)N)\C=C/2)C1. The van der Waals surface area contributed by atoms with Crippen LogP contribution in [0.1, 0.15) is 19.8 Å². The first kappa shape index (κ1) is 10.3. The number of allylic oxidation sites excluding steroid dienone is 3. The van der Waals surface area contributed by atoms with Crippen molar-refractivity contribution < 1.29 is 0 Å². The molecule has 0 amide bonds. The molecule has 2 aliphatic rings. The molecule has 0 saturated heterocycles. The second-order valence-electron chi connectivity index (χ2n) is 4.47. The van der Waals surface area contributed by atoms with E-state index in [1.807, 2.05) is 6.92 Å². The molecule has 0 heterocycles. The van der Waals surface area contributed by atoms with Gasteiger partial charge in [0.2, 0.25) is 0 Å². The first-order valence-corrected chi connectivity index (χ1v) is 5.48. The van der Waals surface area contributed by atoms with Gasteiger partial charge >= 0.3 is 0 Å². The number of hydrogen-bond acceptors (Lipinski definition) is 1. The highest BCUT2D eigenvalue weighted by Gasteiger charge is 2.16. The lowest BCUT2D eigenvalue weighted by molar-refractivity contribution is 0.752. The van der Waals surface area contributed by atoms with Crippen LogP contribution in [0.4, 0.5) is 0 Å². The van der Waals surface area contributed by atoms with Crippen molar-refractivity contribution in [1.29, 1.82) is 0 Å². The van der Waals surface area contributed by atoms with Gasteiger partial charge < -0.3 is 5.73 Å². The molecule has 0 aromatic carbocycles. The van der Waals surface area contributed by atoms with Crippen molar-refractivity contribution in [3.8, 4) is 11.8 Å². The quantitative estimate of drug-likeness (QED) is 0.509. The zero-order valence-electron chi connectivity index (χ0n) is 9.16. The van der Waals surface area contributed by atoms with Crippen LogP contribution in [0.2, 0.25) is 0 Å². The second-order valence-corrected chi connectivity index (χ2v) is 4.47. The van der Waals surface area contributed by atoms with E-state index in [4.69, 9.17) is 5.73 Å². The number of nitrogens with two attached hydrogens (primary N) is 1. The largest absolute Gasteiger partial charge is 0.324 e. The van der Waals surface area contributed by atoms with Gasteiger partial charge in [-0.05, 0) is 25.3 Å². The topological polar surface area (TPSA) is 26.0 Å². The molecule has 2 bridgehead atoms. The molecule has 0 spiro atoms. The van der Waals surface area contributed by atoms with Gasteiger partial charge in [0.15, 0.2) is 0 Å². The molecule has 0 aromatic rings. The summed E-state index contributed by atoms with van der Waals surface area (Å²) >= 11 is 0. The Hall–Kier alpha value is -1.26. The molecule has 0 saturated carbocycles. The molecule has 78 valence electrons. The third kappa shape index (κ3) is 2.40. The maximum Gasteiger partial charge on any atom is 0.0426 e. The van der Waals surface area contributed by atoms with Gasteiger partial charge in [0.1, 0.15) is 0 Å². The maximum atomic E-state index is 5.91. The summed E-state index contributed by atoms with van der Waals surface area (Å²) in [7, 11) is 0. The van der Waals surface area contributed by atoms with Gasteiger partial charge in [-0.1, -0.05) is 42.2 Å². The van der Waals surface area contributed by atoms with Crippen molar-refractivity contribution >= 4 is 0 Å². The molecule has 15 heavy (non-hydrogen) atoms. The van der Waals surface area contributed by atoms with Gasteiger partial charge in [0, 0.05) is 17.9 Å². The lowest BCUT2D eigenvalue weighted by Crippen LogP contribution is -2.18. The van der Waals surface area contributed by atoms with E-state index in [-0.39, 0.29) is 6.04 Å². The van der Waals surface area contributed by atoms with Gasteiger partial charge in [-0.3, -0.25) is 0 Å². The predicted molar refractivity (Wildman–Crippen MR) is 64.0 cm³/mol. The van der Waals surface area contributed by atoms with Crippen LogP contribution < -0.4 is 5.73 Å². The molecule has 0 radical (unpaired) electrons. The number of hydrogen-bond donors (Lipinski definition) is 1. The molecule has 2 N–H and O–H groups in total. The molecule has 0 fully saturated rings. The van der Waals surface area contributed by atoms with Crippen LogP contribution in [-0.4, -0.2) is 6.04 Å². The zero-order chi connectivity index (χ0) is 10.8. The van der Waals surface area contributed by atoms with E-state index in [1.165, 1.54) is 11.1 Å². The average molecular weight is 199 g/mol. The summed E-state index contributed by atoms with van der Waals surface area (Å²) in [5.74, 6) is 7.25. The molecule has 2 aliphatic carbocycles. The van der Waals surface area contributed by atoms with Crippen molar-refractivity contribution in [2.75, 3.05) is 0 Å². The summed E-state index contributed by atoms with van der Waals surface area (Å²) in [5, 5.41) is 0. The van der Waals surface area contributed by atoms with Gasteiger partial charge in [0.05, 0.1) is 0 Å². The Morgan fingerprint density at radius 2 is 2.07 bits per heavy atom. The van der Waals surface area contributed by atoms with Crippen LogP contribution >= 0.6 is 0 Å². The third-order valence-corrected chi connectivity index (χ3v) is 2.91. The minimum atomic E-state index is 0.0932. The van der Waals surface area contributed by atoms with Crippen LogP contribution in [0.3, 0.4) is 0 Å². The van der Waals surface area contributed by atoms with Crippen molar-refractivity contribution in [3.63, 3.8) is 0 Å². The van der Waals surface area contributed by atoms with Gasteiger partial charge in [-0.15, -0.1) is 0 Å². The van der Waals surface area contributed by atoms with Crippen LogP contribution in [0.25, 0.3) is 0 Å². The van der Waals surface area contributed by atoms with E-state index in [1.54, 1.807) is 0 Å². The third-order valence-electron chi connectivity index (χ3n) is 2.91. The molecule has 1 nitrogen and oxygen atoms in total. The normalized spacial score (nSPS) is 36.4.